The van der Waals surface area contributed by atoms with Crippen molar-refractivity contribution in [3.63, 3.8) is 0 Å². The lowest BCUT2D eigenvalue weighted by Gasteiger charge is -2.03. The van der Waals surface area contributed by atoms with E-state index in [9.17, 15) is 9.59 Å². The number of carboxylic acid groups (broad SMARTS) is 2. The number of hydrogen-bond donors (Lipinski definition) is 2. The maximum atomic E-state index is 10.8. The van der Waals surface area contributed by atoms with E-state index in [-0.39, 0.29) is 21.3 Å². The summed E-state index contributed by atoms with van der Waals surface area (Å²) in [6.45, 7) is 1.56. The fourth-order valence-corrected chi connectivity index (χ4v) is 2.10. The molecule has 15 heavy (non-hydrogen) atoms. The van der Waals surface area contributed by atoms with Crippen LogP contribution in [0.5, 0.6) is 11.5 Å². The zero-order chi connectivity index (χ0) is 11.2. The predicted molar refractivity (Wildman–Crippen MR) is 49.0 cm³/mol. The average molecular weight is 230 g/mol. The molecule has 1 aromatic rings. The maximum absolute atomic E-state index is 10.8. The molecule has 2 N–H and O–H groups in total. The first kappa shape index (κ1) is 9.78. The van der Waals surface area contributed by atoms with E-state index in [0.29, 0.717) is 11.3 Å². The van der Waals surface area contributed by atoms with Gasteiger partial charge in [-0.25, -0.2) is 9.59 Å². The molecule has 1 aliphatic heterocycles. The van der Waals surface area contributed by atoms with Gasteiger partial charge in [0.2, 0.25) is 6.29 Å². The Bertz CT molecular complexity index is 410. The van der Waals surface area contributed by atoms with Crippen molar-refractivity contribution in [2.75, 3.05) is 0 Å². The average Bonchev–Trinajstić information content (AvgIpc) is 2.59. The first-order valence-electron chi connectivity index (χ1n) is 3.97. The number of carbonyl (C=O) groups is 2. The molecular formula is C8H6O6S. The molecule has 2 rings (SSSR count). The lowest BCUT2D eigenvalue weighted by atomic mass is 10.3. The Morgan fingerprint density at radius 2 is 1.53 bits per heavy atom. The van der Waals surface area contributed by atoms with Gasteiger partial charge in [-0.3, -0.25) is 0 Å². The number of hydrogen-bond acceptors (Lipinski definition) is 5. The molecular weight excluding hydrogens is 224 g/mol. The smallest absolute Gasteiger partial charge is 0.349 e. The summed E-state index contributed by atoms with van der Waals surface area (Å²) in [5, 5.41) is 17.6. The molecule has 0 atom stereocenters. The van der Waals surface area contributed by atoms with Crippen LogP contribution in [0.15, 0.2) is 0 Å². The number of ether oxygens (including phenoxy) is 2. The molecule has 1 aliphatic rings. The van der Waals surface area contributed by atoms with Crippen LogP contribution in [0, 0.1) is 0 Å². The molecule has 0 fully saturated rings. The molecule has 0 saturated carbocycles. The second kappa shape index (κ2) is 3.13. The first-order chi connectivity index (χ1) is 7.00. The Labute approximate surface area is 87.7 Å². The zero-order valence-electron chi connectivity index (χ0n) is 7.51. The van der Waals surface area contributed by atoms with E-state index in [1.54, 1.807) is 6.92 Å². The van der Waals surface area contributed by atoms with E-state index in [0.717, 1.165) is 0 Å². The third-order valence-corrected chi connectivity index (χ3v) is 2.91. The molecule has 6 nitrogen and oxygen atoms in total. The number of rotatable bonds is 2. The fraction of sp³-hybridized carbons (Fsp3) is 0.250. The van der Waals surface area contributed by atoms with E-state index >= 15 is 0 Å². The van der Waals surface area contributed by atoms with Gasteiger partial charge in [0, 0.05) is 6.92 Å². The quantitative estimate of drug-likeness (QED) is 0.794. The van der Waals surface area contributed by atoms with Crippen molar-refractivity contribution >= 4 is 23.3 Å². The summed E-state index contributed by atoms with van der Waals surface area (Å²) in [6, 6.07) is 0. The van der Waals surface area contributed by atoms with Crippen LogP contribution in [0.2, 0.25) is 0 Å². The van der Waals surface area contributed by atoms with Crippen LogP contribution < -0.4 is 9.47 Å². The number of fused-ring (bicyclic) bond motifs is 1. The Morgan fingerprint density at radius 3 is 1.87 bits per heavy atom. The van der Waals surface area contributed by atoms with E-state index in [2.05, 4.69) is 0 Å². The standard InChI is InChI=1S/C8H6O6S/c1-2-13-3-4(14-2)6(8(11)12)15-5(3)7(9)10/h2H,1H3,(H,9,10)(H,11,12). The van der Waals surface area contributed by atoms with Gasteiger partial charge in [-0.2, -0.15) is 0 Å². The Kier molecular flexibility index (Phi) is 2.04. The van der Waals surface area contributed by atoms with Gasteiger partial charge in [0.05, 0.1) is 0 Å². The van der Waals surface area contributed by atoms with Crippen molar-refractivity contribution < 1.29 is 29.3 Å². The molecule has 1 aromatic heterocycles. The van der Waals surface area contributed by atoms with Gasteiger partial charge in [-0.05, 0) is 0 Å². The highest BCUT2D eigenvalue weighted by atomic mass is 32.1. The van der Waals surface area contributed by atoms with Crippen molar-refractivity contribution in [3.05, 3.63) is 9.75 Å². The minimum absolute atomic E-state index is 0.0115. The number of aromatic carboxylic acids is 2. The molecule has 0 aliphatic carbocycles. The summed E-state index contributed by atoms with van der Waals surface area (Å²) in [6.07, 6.45) is -0.653. The molecule has 0 radical (unpaired) electrons. The Morgan fingerprint density at radius 1 is 1.13 bits per heavy atom. The largest absolute Gasteiger partial charge is 0.477 e. The van der Waals surface area contributed by atoms with Gasteiger partial charge in [0.15, 0.2) is 21.3 Å². The molecule has 0 amide bonds. The molecule has 80 valence electrons. The molecule has 0 bridgehead atoms. The normalized spacial score (nSPS) is 14.2. The van der Waals surface area contributed by atoms with E-state index in [1.807, 2.05) is 0 Å². The summed E-state index contributed by atoms with van der Waals surface area (Å²) in [5.74, 6) is -2.42. The van der Waals surface area contributed by atoms with Gasteiger partial charge in [0.25, 0.3) is 0 Å². The molecule has 2 heterocycles. The minimum Gasteiger partial charge on any atom is -0.477 e. The Hall–Kier alpha value is -1.76. The van der Waals surface area contributed by atoms with Crippen LogP contribution in [0.25, 0.3) is 0 Å². The van der Waals surface area contributed by atoms with Crippen LogP contribution in [0.3, 0.4) is 0 Å². The molecule has 0 aromatic carbocycles. The van der Waals surface area contributed by atoms with Crippen LogP contribution >= 0.6 is 11.3 Å². The molecule has 0 spiro atoms. The van der Waals surface area contributed by atoms with Crippen molar-refractivity contribution in [2.45, 2.75) is 13.2 Å². The van der Waals surface area contributed by atoms with Crippen molar-refractivity contribution in [1.29, 1.82) is 0 Å². The van der Waals surface area contributed by atoms with Crippen LogP contribution in [0.4, 0.5) is 0 Å². The van der Waals surface area contributed by atoms with Crippen molar-refractivity contribution in [2.24, 2.45) is 0 Å². The number of thiophene rings is 1. The highest BCUT2D eigenvalue weighted by Gasteiger charge is 2.35. The minimum atomic E-state index is -1.22. The van der Waals surface area contributed by atoms with Gasteiger partial charge in [-0.15, -0.1) is 11.3 Å². The second-order valence-corrected chi connectivity index (χ2v) is 3.85. The van der Waals surface area contributed by atoms with Crippen LogP contribution in [-0.2, 0) is 0 Å². The third kappa shape index (κ3) is 1.40. The van der Waals surface area contributed by atoms with Gasteiger partial charge in [0.1, 0.15) is 0 Å². The Balaban J connectivity index is 2.58. The zero-order valence-corrected chi connectivity index (χ0v) is 8.33. The monoisotopic (exact) mass is 230 g/mol. The fourth-order valence-electron chi connectivity index (χ4n) is 1.25. The highest BCUT2D eigenvalue weighted by molar-refractivity contribution is 7.16. The summed E-state index contributed by atoms with van der Waals surface area (Å²) in [5.41, 5.74) is 0. The maximum Gasteiger partial charge on any atom is 0.349 e. The second-order valence-electron chi connectivity index (χ2n) is 2.83. The lowest BCUT2D eigenvalue weighted by molar-refractivity contribution is 0.0608. The first-order valence-corrected chi connectivity index (χ1v) is 4.79. The van der Waals surface area contributed by atoms with Gasteiger partial charge < -0.3 is 19.7 Å². The SMILES string of the molecule is CC1Oc2c(C(=O)O)sc(C(=O)O)c2O1. The predicted octanol–water partition coefficient (Wildman–Crippen LogP) is 1.26. The van der Waals surface area contributed by atoms with Gasteiger partial charge in [-0.1, -0.05) is 0 Å². The third-order valence-electron chi connectivity index (χ3n) is 1.78. The summed E-state index contributed by atoms with van der Waals surface area (Å²) in [4.78, 5) is 21.3. The van der Waals surface area contributed by atoms with Gasteiger partial charge >= 0.3 is 11.9 Å². The van der Waals surface area contributed by atoms with Crippen molar-refractivity contribution in [1.82, 2.24) is 0 Å². The summed E-state index contributed by atoms with van der Waals surface area (Å²) < 4.78 is 10.1. The summed E-state index contributed by atoms with van der Waals surface area (Å²) in [7, 11) is 0. The van der Waals surface area contributed by atoms with E-state index < -0.39 is 18.2 Å². The lowest BCUT2D eigenvalue weighted by Crippen LogP contribution is -2.13. The molecule has 0 unspecified atom stereocenters. The van der Waals surface area contributed by atoms with Crippen LogP contribution in [0.1, 0.15) is 26.3 Å². The van der Waals surface area contributed by atoms with E-state index in [1.165, 1.54) is 0 Å². The van der Waals surface area contributed by atoms with Crippen LogP contribution in [-0.4, -0.2) is 28.4 Å². The molecule has 7 heteroatoms. The van der Waals surface area contributed by atoms with Crippen molar-refractivity contribution in [3.8, 4) is 11.5 Å². The summed E-state index contributed by atoms with van der Waals surface area (Å²) >= 11 is 0.631. The molecule has 0 saturated heterocycles. The highest BCUT2D eigenvalue weighted by Crippen LogP contribution is 2.46. The number of carboxylic acids is 2. The van der Waals surface area contributed by atoms with E-state index in [4.69, 9.17) is 19.7 Å². The topological polar surface area (TPSA) is 93.1 Å².